The van der Waals surface area contributed by atoms with Crippen LogP contribution in [-0.2, 0) is 11.3 Å². The Kier molecular flexibility index (Phi) is 4.94. The van der Waals surface area contributed by atoms with Crippen molar-refractivity contribution in [3.63, 3.8) is 0 Å². The lowest BCUT2D eigenvalue weighted by atomic mass is 10.3. The Bertz CT molecular complexity index is 376. The number of likely N-dealkylation sites (N-methyl/N-ethyl adjacent to an activating group) is 1. The molecule has 0 aliphatic carbocycles. The molecule has 0 saturated heterocycles. The van der Waals surface area contributed by atoms with Crippen LogP contribution in [0.3, 0.4) is 0 Å². The summed E-state index contributed by atoms with van der Waals surface area (Å²) in [6.45, 7) is 3.34. The molecule has 0 radical (unpaired) electrons. The molecule has 16 heavy (non-hydrogen) atoms. The van der Waals surface area contributed by atoms with Gasteiger partial charge in [0, 0.05) is 23.3 Å². The third-order valence-corrected chi connectivity index (χ3v) is 2.83. The summed E-state index contributed by atoms with van der Waals surface area (Å²) in [4.78, 5) is 22.9. The Morgan fingerprint density at radius 2 is 2.25 bits per heavy atom. The van der Waals surface area contributed by atoms with Crippen molar-refractivity contribution < 1.29 is 9.59 Å². The Hall–Kier alpha value is -1.40. The van der Waals surface area contributed by atoms with Crippen LogP contribution in [0.1, 0.15) is 22.2 Å². The van der Waals surface area contributed by atoms with Crippen LogP contribution in [-0.4, -0.2) is 24.9 Å². The van der Waals surface area contributed by atoms with E-state index in [9.17, 15) is 9.59 Å². The molecule has 2 amide bonds. The Balaban J connectivity index is 2.32. The maximum Gasteiger partial charge on any atom is 0.249 e. The number of hydrogen-bond donors (Lipinski definition) is 3. The molecule has 0 unspecified atom stereocenters. The van der Waals surface area contributed by atoms with Gasteiger partial charge in [0.15, 0.2) is 0 Å². The molecular formula is C10H15N3O2S. The largest absolute Gasteiger partial charge is 0.366 e. The van der Waals surface area contributed by atoms with Crippen LogP contribution < -0.4 is 16.4 Å². The molecule has 1 rings (SSSR count). The molecule has 0 bridgehead atoms. The molecule has 5 nitrogen and oxygen atoms in total. The molecule has 1 heterocycles. The van der Waals surface area contributed by atoms with E-state index in [0.29, 0.717) is 18.7 Å². The summed E-state index contributed by atoms with van der Waals surface area (Å²) in [5.41, 5.74) is 5.64. The average molecular weight is 241 g/mol. The Morgan fingerprint density at radius 1 is 1.50 bits per heavy atom. The van der Waals surface area contributed by atoms with Crippen molar-refractivity contribution in [2.24, 2.45) is 5.73 Å². The maximum atomic E-state index is 11.1. The smallest absolute Gasteiger partial charge is 0.249 e. The van der Waals surface area contributed by atoms with E-state index in [0.717, 1.165) is 4.88 Å². The SMILES string of the molecule is CCNC(=O)CNCc1cc(C(N)=O)cs1. The highest BCUT2D eigenvalue weighted by Crippen LogP contribution is 2.13. The lowest BCUT2D eigenvalue weighted by Gasteiger charge is -2.02. The van der Waals surface area contributed by atoms with Crippen LogP contribution in [0, 0.1) is 0 Å². The first-order chi connectivity index (χ1) is 7.63. The fraction of sp³-hybridized carbons (Fsp3) is 0.400. The number of carbonyl (C=O) groups excluding carboxylic acids is 2. The minimum Gasteiger partial charge on any atom is -0.366 e. The summed E-state index contributed by atoms with van der Waals surface area (Å²) in [5.74, 6) is -0.458. The van der Waals surface area contributed by atoms with Crippen LogP contribution in [0.4, 0.5) is 0 Å². The van der Waals surface area contributed by atoms with E-state index < -0.39 is 5.91 Å². The maximum absolute atomic E-state index is 11.1. The van der Waals surface area contributed by atoms with Gasteiger partial charge in [-0.2, -0.15) is 0 Å². The molecule has 4 N–H and O–H groups in total. The second kappa shape index (κ2) is 6.24. The van der Waals surface area contributed by atoms with Crippen LogP contribution in [0.5, 0.6) is 0 Å². The van der Waals surface area contributed by atoms with E-state index in [1.54, 1.807) is 11.4 Å². The summed E-state index contributed by atoms with van der Waals surface area (Å²) < 4.78 is 0. The highest BCUT2D eigenvalue weighted by atomic mass is 32.1. The van der Waals surface area contributed by atoms with Gasteiger partial charge in [-0.3, -0.25) is 9.59 Å². The zero-order valence-electron chi connectivity index (χ0n) is 9.08. The molecular weight excluding hydrogens is 226 g/mol. The standard InChI is InChI=1S/C10H15N3O2S/c1-2-13-9(14)5-12-4-8-3-7(6-16-8)10(11)15/h3,6,12H,2,4-5H2,1H3,(H2,11,15)(H,13,14). The minimum atomic E-state index is -0.425. The topological polar surface area (TPSA) is 84.2 Å². The second-order valence-electron chi connectivity index (χ2n) is 3.22. The van der Waals surface area contributed by atoms with Crippen molar-refractivity contribution in [2.45, 2.75) is 13.5 Å². The number of thiophene rings is 1. The van der Waals surface area contributed by atoms with E-state index in [-0.39, 0.29) is 12.5 Å². The molecule has 0 spiro atoms. The zero-order chi connectivity index (χ0) is 12.0. The summed E-state index contributed by atoms with van der Waals surface area (Å²) in [7, 11) is 0. The molecule has 0 aliphatic heterocycles. The van der Waals surface area contributed by atoms with Crippen LogP contribution in [0.2, 0.25) is 0 Å². The van der Waals surface area contributed by atoms with Gasteiger partial charge in [-0.15, -0.1) is 11.3 Å². The highest BCUT2D eigenvalue weighted by Gasteiger charge is 2.05. The van der Waals surface area contributed by atoms with Gasteiger partial charge < -0.3 is 16.4 Å². The third kappa shape index (κ3) is 4.00. The normalized spacial score (nSPS) is 10.1. The van der Waals surface area contributed by atoms with E-state index >= 15 is 0 Å². The molecule has 0 atom stereocenters. The molecule has 1 aromatic heterocycles. The van der Waals surface area contributed by atoms with Crippen LogP contribution in [0.25, 0.3) is 0 Å². The molecule has 1 aromatic rings. The van der Waals surface area contributed by atoms with Crippen molar-refractivity contribution in [1.29, 1.82) is 0 Å². The molecule has 0 fully saturated rings. The van der Waals surface area contributed by atoms with Crippen molar-refractivity contribution >= 4 is 23.2 Å². The first kappa shape index (κ1) is 12.7. The molecule has 0 aliphatic rings. The molecule has 6 heteroatoms. The van der Waals surface area contributed by atoms with E-state index in [4.69, 9.17) is 5.73 Å². The predicted octanol–water partition coefficient (Wildman–Crippen LogP) is 0.0727. The fourth-order valence-electron chi connectivity index (χ4n) is 1.16. The van der Waals surface area contributed by atoms with Gasteiger partial charge >= 0.3 is 0 Å². The predicted molar refractivity (Wildman–Crippen MR) is 63.2 cm³/mol. The van der Waals surface area contributed by atoms with Gasteiger partial charge in [0.25, 0.3) is 0 Å². The van der Waals surface area contributed by atoms with Gasteiger partial charge in [-0.25, -0.2) is 0 Å². The van der Waals surface area contributed by atoms with Crippen LogP contribution in [0.15, 0.2) is 11.4 Å². The second-order valence-corrected chi connectivity index (χ2v) is 4.22. The van der Waals surface area contributed by atoms with Gasteiger partial charge in [0.2, 0.25) is 11.8 Å². The first-order valence-corrected chi connectivity index (χ1v) is 5.86. The number of hydrogen-bond acceptors (Lipinski definition) is 4. The van der Waals surface area contributed by atoms with Crippen molar-refractivity contribution in [3.8, 4) is 0 Å². The van der Waals surface area contributed by atoms with E-state index in [2.05, 4.69) is 10.6 Å². The monoisotopic (exact) mass is 241 g/mol. The summed E-state index contributed by atoms with van der Waals surface area (Å²) in [6, 6.07) is 1.73. The van der Waals surface area contributed by atoms with Gasteiger partial charge in [0.1, 0.15) is 0 Å². The lowest BCUT2D eigenvalue weighted by molar-refractivity contribution is -0.120. The van der Waals surface area contributed by atoms with Crippen molar-refractivity contribution in [2.75, 3.05) is 13.1 Å². The number of rotatable bonds is 6. The summed E-state index contributed by atoms with van der Waals surface area (Å²) in [6.07, 6.45) is 0. The van der Waals surface area contributed by atoms with Gasteiger partial charge in [0.05, 0.1) is 12.1 Å². The van der Waals surface area contributed by atoms with Gasteiger partial charge in [-0.1, -0.05) is 0 Å². The highest BCUT2D eigenvalue weighted by molar-refractivity contribution is 7.10. The molecule has 88 valence electrons. The first-order valence-electron chi connectivity index (χ1n) is 4.98. The number of carbonyl (C=O) groups is 2. The fourth-order valence-corrected chi connectivity index (χ4v) is 2.00. The van der Waals surface area contributed by atoms with Crippen LogP contribution >= 0.6 is 11.3 Å². The number of nitrogens with two attached hydrogens (primary N) is 1. The Morgan fingerprint density at radius 3 is 2.81 bits per heavy atom. The molecule has 0 saturated carbocycles. The Labute approximate surface area is 98.0 Å². The van der Waals surface area contributed by atoms with Crippen molar-refractivity contribution in [1.82, 2.24) is 10.6 Å². The van der Waals surface area contributed by atoms with E-state index in [1.165, 1.54) is 11.3 Å². The number of amides is 2. The van der Waals surface area contributed by atoms with E-state index in [1.807, 2.05) is 6.92 Å². The van der Waals surface area contributed by atoms with Crippen molar-refractivity contribution in [3.05, 3.63) is 21.9 Å². The minimum absolute atomic E-state index is 0.0332. The molecule has 0 aromatic carbocycles. The summed E-state index contributed by atoms with van der Waals surface area (Å²) in [5, 5.41) is 7.38. The average Bonchev–Trinajstić information content (AvgIpc) is 2.67. The summed E-state index contributed by atoms with van der Waals surface area (Å²) >= 11 is 1.45. The third-order valence-electron chi connectivity index (χ3n) is 1.90. The number of nitrogens with one attached hydrogen (secondary N) is 2. The van der Waals surface area contributed by atoms with Gasteiger partial charge in [-0.05, 0) is 13.0 Å². The lowest BCUT2D eigenvalue weighted by Crippen LogP contribution is -2.33. The zero-order valence-corrected chi connectivity index (χ0v) is 9.89. The quantitative estimate of drug-likeness (QED) is 0.659. The number of primary amides is 1.